The average molecular weight is 431 g/mol. The number of hydrogen-bond donors (Lipinski definition) is 1. The van der Waals surface area contributed by atoms with E-state index in [1.165, 1.54) is 16.6 Å². The number of fused-ring (bicyclic) bond motifs is 1. The molecule has 3 aromatic heterocycles. The van der Waals surface area contributed by atoms with E-state index in [0.29, 0.717) is 10.1 Å². The molecule has 5 nitrogen and oxygen atoms in total. The number of para-hydroxylation sites is 1. The lowest BCUT2D eigenvalue weighted by Gasteiger charge is -2.12. The second-order valence-electron chi connectivity index (χ2n) is 6.89. The molecule has 0 fully saturated rings. The van der Waals surface area contributed by atoms with Crippen LogP contribution in [0.2, 0.25) is 0 Å². The Kier molecular flexibility index (Phi) is 4.98. The summed E-state index contributed by atoms with van der Waals surface area (Å²) in [7, 11) is 1.95. The van der Waals surface area contributed by atoms with E-state index in [0.717, 1.165) is 34.3 Å². The minimum absolute atomic E-state index is 0.125. The number of benzene rings is 2. The van der Waals surface area contributed by atoms with Crippen LogP contribution in [-0.4, -0.2) is 19.7 Å². The maximum Gasteiger partial charge on any atom is 0.263 e. The van der Waals surface area contributed by atoms with Crippen LogP contribution in [-0.2, 0) is 13.5 Å². The zero-order valence-corrected chi connectivity index (χ0v) is 17.8. The topological polar surface area (TPSA) is 63.6 Å². The SMILES string of the molecule is Cn1c(Cc2cccs2)nnc1Sc1c(-c2ccccc2)c2ccccc2[nH]c1=O. The van der Waals surface area contributed by atoms with Gasteiger partial charge < -0.3 is 9.55 Å². The number of H-pyrrole nitrogens is 1. The van der Waals surface area contributed by atoms with Crippen LogP contribution in [0.3, 0.4) is 0 Å². The molecular weight excluding hydrogens is 412 g/mol. The molecule has 148 valence electrons. The third kappa shape index (κ3) is 3.46. The summed E-state index contributed by atoms with van der Waals surface area (Å²) >= 11 is 3.06. The second-order valence-corrected chi connectivity index (χ2v) is 8.90. The van der Waals surface area contributed by atoms with Crippen LogP contribution in [0.15, 0.2) is 87.0 Å². The van der Waals surface area contributed by atoms with Crippen molar-refractivity contribution in [3.63, 3.8) is 0 Å². The van der Waals surface area contributed by atoms with Crippen molar-refractivity contribution in [3.05, 3.63) is 93.2 Å². The minimum Gasteiger partial charge on any atom is -0.321 e. The van der Waals surface area contributed by atoms with Gasteiger partial charge in [0.2, 0.25) is 0 Å². The zero-order valence-electron chi connectivity index (χ0n) is 16.2. The minimum atomic E-state index is -0.125. The summed E-state index contributed by atoms with van der Waals surface area (Å²) in [5.41, 5.74) is 2.62. The summed E-state index contributed by atoms with van der Waals surface area (Å²) in [6.07, 6.45) is 0.724. The number of pyridine rings is 1. The van der Waals surface area contributed by atoms with Crippen LogP contribution in [0, 0.1) is 0 Å². The highest BCUT2D eigenvalue weighted by Gasteiger charge is 2.19. The first-order chi connectivity index (χ1) is 14.7. The molecule has 0 atom stereocenters. The Morgan fingerprint density at radius 1 is 1.00 bits per heavy atom. The largest absolute Gasteiger partial charge is 0.321 e. The molecular formula is C23H18N4OS2. The van der Waals surface area contributed by atoms with E-state index in [1.807, 2.05) is 72.3 Å². The Morgan fingerprint density at radius 2 is 1.80 bits per heavy atom. The van der Waals surface area contributed by atoms with E-state index in [9.17, 15) is 4.79 Å². The van der Waals surface area contributed by atoms with E-state index in [1.54, 1.807) is 11.3 Å². The van der Waals surface area contributed by atoms with Gasteiger partial charge in [-0.2, -0.15) is 0 Å². The smallest absolute Gasteiger partial charge is 0.263 e. The van der Waals surface area contributed by atoms with E-state index < -0.39 is 0 Å². The molecule has 0 spiro atoms. The summed E-state index contributed by atoms with van der Waals surface area (Å²) in [4.78, 5) is 17.9. The van der Waals surface area contributed by atoms with Gasteiger partial charge in [0.25, 0.3) is 5.56 Å². The fourth-order valence-corrected chi connectivity index (χ4v) is 5.14. The Balaban J connectivity index is 1.63. The molecule has 7 heteroatoms. The van der Waals surface area contributed by atoms with Crippen molar-refractivity contribution in [2.24, 2.45) is 7.05 Å². The lowest BCUT2D eigenvalue weighted by Crippen LogP contribution is -2.11. The first-order valence-corrected chi connectivity index (χ1v) is 11.2. The molecule has 5 aromatic rings. The van der Waals surface area contributed by atoms with E-state index in [4.69, 9.17) is 0 Å². The third-order valence-electron chi connectivity index (χ3n) is 4.97. The zero-order chi connectivity index (χ0) is 20.5. The van der Waals surface area contributed by atoms with Gasteiger partial charge >= 0.3 is 0 Å². The quantitative estimate of drug-likeness (QED) is 0.420. The van der Waals surface area contributed by atoms with Crippen molar-refractivity contribution >= 4 is 34.0 Å². The van der Waals surface area contributed by atoms with E-state index >= 15 is 0 Å². The number of hydrogen-bond acceptors (Lipinski definition) is 5. The summed E-state index contributed by atoms with van der Waals surface area (Å²) < 4.78 is 1.97. The molecule has 0 radical (unpaired) electrons. The van der Waals surface area contributed by atoms with Crippen molar-refractivity contribution < 1.29 is 0 Å². The fourth-order valence-electron chi connectivity index (χ4n) is 3.46. The summed E-state index contributed by atoms with van der Waals surface area (Å²) in [6.45, 7) is 0. The molecule has 0 unspecified atom stereocenters. The highest BCUT2D eigenvalue weighted by atomic mass is 32.2. The Hall–Kier alpha value is -3.16. The van der Waals surface area contributed by atoms with Crippen LogP contribution in [0.4, 0.5) is 0 Å². The first-order valence-electron chi connectivity index (χ1n) is 9.49. The van der Waals surface area contributed by atoms with Crippen LogP contribution >= 0.6 is 23.1 Å². The lowest BCUT2D eigenvalue weighted by atomic mass is 10.0. The number of nitrogens with zero attached hydrogens (tertiary/aromatic N) is 3. The predicted octanol–water partition coefficient (Wildman–Crippen LogP) is 5.13. The van der Waals surface area contributed by atoms with Crippen LogP contribution in [0.1, 0.15) is 10.7 Å². The molecule has 5 rings (SSSR count). The van der Waals surface area contributed by atoms with E-state index in [-0.39, 0.29) is 5.56 Å². The number of thiophene rings is 1. The Morgan fingerprint density at radius 3 is 2.60 bits per heavy atom. The van der Waals surface area contributed by atoms with Crippen molar-refractivity contribution in [1.82, 2.24) is 19.7 Å². The van der Waals surface area contributed by atoms with Gasteiger partial charge in [-0.05, 0) is 34.8 Å². The monoisotopic (exact) mass is 430 g/mol. The van der Waals surface area contributed by atoms with Crippen LogP contribution < -0.4 is 5.56 Å². The van der Waals surface area contributed by atoms with Crippen molar-refractivity contribution in [3.8, 4) is 11.1 Å². The van der Waals surface area contributed by atoms with Gasteiger partial charge in [0.1, 0.15) is 5.82 Å². The predicted molar refractivity (Wildman–Crippen MR) is 122 cm³/mol. The standard InChI is InChI=1S/C23H18N4OS2/c1-27-19(14-16-10-7-13-29-16)25-26-23(27)30-21-20(15-8-3-2-4-9-15)17-11-5-6-12-18(17)24-22(21)28/h2-13H,14H2,1H3,(H,24,28). The van der Waals surface area contributed by atoms with Crippen LogP contribution in [0.25, 0.3) is 22.0 Å². The van der Waals surface area contributed by atoms with Gasteiger partial charge in [-0.15, -0.1) is 21.5 Å². The highest BCUT2D eigenvalue weighted by molar-refractivity contribution is 7.99. The lowest BCUT2D eigenvalue weighted by molar-refractivity contribution is 0.751. The molecule has 0 saturated carbocycles. The Bertz CT molecular complexity index is 1370. The number of aromatic nitrogens is 4. The molecule has 0 saturated heterocycles. The first kappa shape index (κ1) is 18.8. The molecule has 1 N–H and O–H groups in total. The second kappa shape index (κ2) is 7.93. The van der Waals surface area contributed by atoms with Gasteiger partial charge in [0.15, 0.2) is 5.16 Å². The van der Waals surface area contributed by atoms with E-state index in [2.05, 4.69) is 26.6 Å². The molecule has 3 heterocycles. The molecule has 0 aliphatic heterocycles. The number of nitrogens with one attached hydrogen (secondary N) is 1. The summed E-state index contributed by atoms with van der Waals surface area (Å²) in [6, 6.07) is 22.0. The third-order valence-corrected chi connectivity index (χ3v) is 6.98. The number of aromatic amines is 1. The molecule has 0 bridgehead atoms. The van der Waals surface area contributed by atoms with Gasteiger partial charge in [0.05, 0.1) is 4.90 Å². The fraction of sp³-hybridized carbons (Fsp3) is 0.0870. The van der Waals surface area contributed by atoms with Gasteiger partial charge in [0, 0.05) is 34.8 Å². The molecule has 2 aromatic carbocycles. The average Bonchev–Trinajstić information content (AvgIpc) is 3.40. The maximum absolute atomic E-state index is 13.1. The number of rotatable bonds is 5. The summed E-state index contributed by atoms with van der Waals surface area (Å²) in [5.74, 6) is 0.874. The Labute approximate surface area is 181 Å². The van der Waals surface area contributed by atoms with Crippen molar-refractivity contribution in [2.45, 2.75) is 16.5 Å². The van der Waals surface area contributed by atoms with Gasteiger partial charge in [-0.1, -0.05) is 54.6 Å². The van der Waals surface area contributed by atoms with Gasteiger partial charge in [-0.25, -0.2) is 0 Å². The van der Waals surface area contributed by atoms with Crippen molar-refractivity contribution in [2.75, 3.05) is 0 Å². The molecule has 30 heavy (non-hydrogen) atoms. The van der Waals surface area contributed by atoms with Crippen molar-refractivity contribution in [1.29, 1.82) is 0 Å². The molecule has 0 aliphatic carbocycles. The van der Waals surface area contributed by atoms with Crippen LogP contribution in [0.5, 0.6) is 0 Å². The summed E-state index contributed by atoms with van der Waals surface area (Å²) in [5, 5.41) is 12.5. The maximum atomic E-state index is 13.1. The highest BCUT2D eigenvalue weighted by Crippen LogP contribution is 2.37. The van der Waals surface area contributed by atoms with Gasteiger partial charge in [-0.3, -0.25) is 4.79 Å². The normalized spacial score (nSPS) is 11.2. The molecule has 0 aliphatic rings. The molecule has 0 amide bonds.